The van der Waals surface area contributed by atoms with E-state index in [0.717, 1.165) is 13.1 Å². The van der Waals surface area contributed by atoms with Crippen LogP contribution in [0, 0.1) is 5.82 Å². The van der Waals surface area contributed by atoms with Crippen molar-refractivity contribution in [3.63, 3.8) is 0 Å². The number of hydrogen-bond acceptors (Lipinski definition) is 4. The number of nitrogens with zero attached hydrogens (tertiary/aromatic N) is 3. The average molecular weight is 376 g/mol. The molecule has 0 spiro atoms. The Kier molecular flexibility index (Phi) is 5.19. The molecule has 0 unspecified atom stereocenters. The molecule has 1 aromatic heterocycles. The number of para-hydroxylation sites is 2. The van der Waals surface area contributed by atoms with Gasteiger partial charge in [0.2, 0.25) is 0 Å². The summed E-state index contributed by atoms with van der Waals surface area (Å²) in [5.41, 5.74) is 2.07. The molecule has 1 N–H and O–H groups in total. The summed E-state index contributed by atoms with van der Waals surface area (Å²) in [5.74, 6) is 0.119. The van der Waals surface area contributed by atoms with E-state index in [1.807, 2.05) is 23.1 Å². The predicted octanol–water partition coefficient (Wildman–Crippen LogP) is 3.93. The Morgan fingerprint density at radius 2 is 1.61 bits per heavy atom. The fraction of sp³-hybridized carbons (Fsp3) is 0.182. The topological polar surface area (TPSA) is 48.5 Å². The lowest BCUT2D eigenvalue weighted by Crippen LogP contribution is -2.48. The van der Waals surface area contributed by atoms with E-state index in [0.29, 0.717) is 30.2 Å². The van der Waals surface area contributed by atoms with Gasteiger partial charge in [0.25, 0.3) is 5.91 Å². The summed E-state index contributed by atoms with van der Waals surface area (Å²) in [7, 11) is 0. The van der Waals surface area contributed by atoms with E-state index in [-0.39, 0.29) is 11.7 Å². The van der Waals surface area contributed by atoms with Crippen molar-refractivity contribution in [2.24, 2.45) is 0 Å². The highest BCUT2D eigenvalue weighted by molar-refractivity contribution is 5.94. The first kappa shape index (κ1) is 18.0. The van der Waals surface area contributed by atoms with Crippen LogP contribution in [0.15, 0.2) is 72.9 Å². The second-order valence-electron chi connectivity index (χ2n) is 6.65. The van der Waals surface area contributed by atoms with Crippen molar-refractivity contribution >= 4 is 23.1 Å². The summed E-state index contributed by atoms with van der Waals surface area (Å²) in [6.45, 7) is 2.94. The molecule has 0 radical (unpaired) electrons. The van der Waals surface area contributed by atoms with Gasteiger partial charge in [-0.1, -0.05) is 30.3 Å². The Balaban J connectivity index is 1.37. The fourth-order valence-electron chi connectivity index (χ4n) is 3.28. The molecule has 3 aromatic rings. The van der Waals surface area contributed by atoms with Crippen molar-refractivity contribution in [3.8, 4) is 0 Å². The standard InChI is InChI=1S/C22H21FN4O/c23-19-8-4-5-9-20(19)25-21-11-10-17(16-24-21)22(28)27-14-12-26(13-15-27)18-6-2-1-3-7-18/h1-11,16H,12-15H2,(H,24,25). The smallest absolute Gasteiger partial charge is 0.255 e. The summed E-state index contributed by atoms with van der Waals surface area (Å²) in [6, 6.07) is 20.0. The maximum absolute atomic E-state index is 13.7. The second kappa shape index (κ2) is 8.08. The van der Waals surface area contributed by atoms with Crippen molar-refractivity contribution in [1.82, 2.24) is 9.88 Å². The average Bonchev–Trinajstić information content (AvgIpc) is 2.76. The molecule has 2 heterocycles. The maximum Gasteiger partial charge on any atom is 0.255 e. The van der Waals surface area contributed by atoms with E-state index in [9.17, 15) is 9.18 Å². The van der Waals surface area contributed by atoms with E-state index in [1.54, 1.807) is 30.3 Å². The number of pyridine rings is 1. The van der Waals surface area contributed by atoms with Gasteiger partial charge in [0.05, 0.1) is 11.3 Å². The molecule has 4 rings (SSSR count). The molecule has 1 fully saturated rings. The summed E-state index contributed by atoms with van der Waals surface area (Å²) in [4.78, 5) is 21.1. The van der Waals surface area contributed by atoms with Gasteiger partial charge in [-0.3, -0.25) is 4.79 Å². The van der Waals surface area contributed by atoms with Crippen LogP contribution in [0.5, 0.6) is 0 Å². The molecule has 142 valence electrons. The number of nitrogens with one attached hydrogen (secondary N) is 1. The van der Waals surface area contributed by atoms with Crippen LogP contribution >= 0.6 is 0 Å². The monoisotopic (exact) mass is 376 g/mol. The van der Waals surface area contributed by atoms with Crippen LogP contribution in [0.25, 0.3) is 0 Å². The predicted molar refractivity (Wildman–Crippen MR) is 108 cm³/mol. The van der Waals surface area contributed by atoms with Gasteiger partial charge in [-0.15, -0.1) is 0 Å². The Labute approximate surface area is 163 Å². The highest BCUT2D eigenvalue weighted by atomic mass is 19.1. The lowest BCUT2D eigenvalue weighted by molar-refractivity contribution is 0.0746. The van der Waals surface area contributed by atoms with Gasteiger partial charge in [0.15, 0.2) is 0 Å². The molecular formula is C22H21FN4O. The first-order valence-electron chi connectivity index (χ1n) is 9.27. The molecule has 1 amide bonds. The molecule has 1 aliphatic rings. The van der Waals surface area contributed by atoms with Crippen LogP contribution in [0.4, 0.5) is 21.6 Å². The zero-order valence-corrected chi connectivity index (χ0v) is 15.4. The van der Waals surface area contributed by atoms with Crippen LogP contribution in [0.3, 0.4) is 0 Å². The van der Waals surface area contributed by atoms with Crippen LogP contribution in [0.1, 0.15) is 10.4 Å². The van der Waals surface area contributed by atoms with E-state index >= 15 is 0 Å². The van der Waals surface area contributed by atoms with Crippen molar-refractivity contribution in [2.45, 2.75) is 0 Å². The third-order valence-electron chi connectivity index (χ3n) is 4.84. The quantitative estimate of drug-likeness (QED) is 0.750. The Hall–Kier alpha value is -3.41. The van der Waals surface area contributed by atoms with E-state index in [2.05, 4.69) is 27.3 Å². The van der Waals surface area contributed by atoms with Crippen LogP contribution in [0.2, 0.25) is 0 Å². The van der Waals surface area contributed by atoms with Gasteiger partial charge < -0.3 is 15.1 Å². The number of anilines is 3. The third kappa shape index (κ3) is 3.96. The molecule has 0 saturated carbocycles. The largest absolute Gasteiger partial charge is 0.368 e. The van der Waals surface area contributed by atoms with E-state index < -0.39 is 0 Å². The minimum atomic E-state index is -0.347. The highest BCUT2D eigenvalue weighted by Crippen LogP contribution is 2.19. The number of amides is 1. The Morgan fingerprint density at radius 3 is 2.29 bits per heavy atom. The van der Waals surface area contributed by atoms with Gasteiger partial charge in [0, 0.05) is 38.1 Å². The van der Waals surface area contributed by atoms with Gasteiger partial charge >= 0.3 is 0 Å². The van der Waals surface area contributed by atoms with Gasteiger partial charge in [-0.05, 0) is 36.4 Å². The van der Waals surface area contributed by atoms with E-state index in [1.165, 1.54) is 18.0 Å². The Bertz CT molecular complexity index is 938. The molecule has 0 bridgehead atoms. The van der Waals surface area contributed by atoms with Crippen LogP contribution in [-0.2, 0) is 0 Å². The minimum absolute atomic E-state index is 0.0300. The first-order valence-corrected chi connectivity index (χ1v) is 9.27. The van der Waals surface area contributed by atoms with Gasteiger partial charge in [-0.25, -0.2) is 9.37 Å². The third-order valence-corrected chi connectivity index (χ3v) is 4.84. The number of aromatic nitrogens is 1. The number of piperazine rings is 1. The molecule has 2 aromatic carbocycles. The SMILES string of the molecule is O=C(c1ccc(Nc2ccccc2F)nc1)N1CCN(c2ccccc2)CC1. The zero-order chi connectivity index (χ0) is 19.3. The molecule has 5 nitrogen and oxygen atoms in total. The first-order chi connectivity index (χ1) is 13.7. The lowest BCUT2D eigenvalue weighted by Gasteiger charge is -2.36. The van der Waals surface area contributed by atoms with Crippen molar-refractivity contribution in [3.05, 3.63) is 84.3 Å². The minimum Gasteiger partial charge on any atom is -0.368 e. The molecule has 1 aliphatic heterocycles. The van der Waals surface area contributed by atoms with Crippen LogP contribution in [-0.4, -0.2) is 42.0 Å². The van der Waals surface area contributed by atoms with Crippen LogP contribution < -0.4 is 10.2 Å². The molecule has 0 atom stereocenters. The zero-order valence-electron chi connectivity index (χ0n) is 15.4. The number of carbonyl (C=O) groups is 1. The summed E-state index contributed by atoms with van der Waals surface area (Å²) < 4.78 is 13.7. The van der Waals surface area contributed by atoms with Crippen molar-refractivity contribution in [1.29, 1.82) is 0 Å². The molecular weight excluding hydrogens is 355 g/mol. The second-order valence-corrected chi connectivity index (χ2v) is 6.65. The van der Waals surface area contributed by atoms with E-state index in [4.69, 9.17) is 0 Å². The van der Waals surface area contributed by atoms with Crippen molar-refractivity contribution in [2.75, 3.05) is 36.4 Å². The normalized spacial score (nSPS) is 14.0. The molecule has 6 heteroatoms. The summed E-state index contributed by atoms with van der Waals surface area (Å²) >= 11 is 0. The van der Waals surface area contributed by atoms with Gasteiger partial charge in [0.1, 0.15) is 11.6 Å². The highest BCUT2D eigenvalue weighted by Gasteiger charge is 2.22. The van der Waals surface area contributed by atoms with Gasteiger partial charge in [-0.2, -0.15) is 0 Å². The Morgan fingerprint density at radius 1 is 0.893 bits per heavy atom. The summed E-state index contributed by atoms with van der Waals surface area (Å²) in [5, 5.41) is 2.92. The maximum atomic E-state index is 13.7. The number of benzene rings is 2. The summed E-state index contributed by atoms with van der Waals surface area (Å²) in [6.07, 6.45) is 1.54. The molecule has 28 heavy (non-hydrogen) atoms. The number of hydrogen-bond donors (Lipinski definition) is 1. The number of carbonyl (C=O) groups excluding carboxylic acids is 1. The van der Waals surface area contributed by atoms with Crippen molar-refractivity contribution < 1.29 is 9.18 Å². The molecule has 1 saturated heterocycles. The number of rotatable bonds is 4. The number of halogens is 1. The lowest BCUT2D eigenvalue weighted by atomic mass is 10.2. The molecule has 0 aliphatic carbocycles. The fourth-order valence-corrected chi connectivity index (χ4v) is 3.28.